The van der Waals surface area contributed by atoms with E-state index in [1.807, 2.05) is 25.1 Å². The minimum absolute atomic E-state index is 0.0526. The van der Waals surface area contributed by atoms with Gasteiger partial charge in [-0.3, -0.25) is 9.59 Å². The molecule has 0 bridgehead atoms. The van der Waals surface area contributed by atoms with Gasteiger partial charge in [0.25, 0.3) is 5.91 Å². The van der Waals surface area contributed by atoms with E-state index in [2.05, 4.69) is 21.2 Å². The molecule has 0 radical (unpaired) electrons. The van der Waals surface area contributed by atoms with Crippen LogP contribution in [0.1, 0.15) is 15.9 Å². The highest BCUT2D eigenvalue weighted by atomic mass is 79.9. The fourth-order valence-corrected chi connectivity index (χ4v) is 2.81. The van der Waals surface area contributed by atoms with Gasteiger partial charge >= 0.3 is 0 Å². The van der Waals surface area contributed by atoms with Gasteiger partial charge in [0.2, 0.25) is 5.91 Å². The molecule has 0 saturated carbocycles. The third kappa shape index (κ3) is 3.44. The lowest BCUT2D eigenvalue weighted by Gasteiger charge is -2.36. The van der Waals surface area contributed by atoms with Crippen molar-refractivity contribution in [3.63, 3.8) is 0 Å². The van der Waals surface area contributed by atoms with Crippen LogP contribution in [0.4, 0.5) is 0 Å². The highest BCUT2D eigenvalue weighted by Crippen LogP contribution is 2.20. The summed E-state index contributed by atoms with van der Waals surface area (Å²) in [4.78, 5) is 28.3. The van der Waals surface area contributed by atoms with E-state index in [4.69, 9.17) is 0 Å². The third-order valence-electron chi connectivity index (χ3n) is 3.66. The van der Waals surface area contributed by atoms with Crippen molar-refractivity contribution in [2.75, 3.05) is 33.7 Å². The summed E-state index contributed by atoms with van der Waals surface area (Å²) in [6, 6.07) is 5.19. The molecule has 0 spiro atoms. The van der Waals surface area contributed by atoms with Gasteiger partial charge in [0, 0.05) is 43.8 Å². The predicted octanol–water partition coefficient (Wildman–Crippen LogP) is 1.26. The Morgan fingerprint density at radius 3 is 2.76 bits per heavy atom. The van der Waals surface area contributed by atoms with E-state index < -0.39 is 6.04 Å². The minimum atomic E-state index is -0.445. The average molecular weight is 354 g/mol. The molecule has 2 amide bonds. The molecule has 1 aliphatic heterocycles. The number of hydrogen-bond acceptors (Lipinski definition) is 3. The van der Waals surface area contributed by atoms with Gasteiger partial charge in [-0.1, -0.05) is 22.0 Å². The Kier molecular flexibility index (Phi) is 5.00. The number of nitrogens with one attached hydrogen (secondary N) is 1. The Morgan fingerprint density at radius 2 is 2.10 bits per heavy atom. The van der Waals surface area contributed by atoms with Crippen LogP contribution in [-0.4, -0.2) is 61.4 Å². The molecular formula is C15H20BrN3O2. The van der Waals surface area contributed by atoms with Crippen LogP contribution < -0.4 is 5.32 Å². The van der Waals surface area contributed by atoms with Crippen LogP contribution in [0, 0.1) is 6.92 Å². The van der Waals surface area contributed by atoms with Gasteiger partial charge in [0.15, 0.2) is 0 Å². The summed E-state index contributed by atoms with van der Waals surface area (Å²) in [6.45, 7) is 3.64. The first kappa shape index (κ1) is 16.0. The number of likely N-dealkylation sites (N-methyl/N-ethyl adjacent to an activating group) is 1. The van der Waals surface area contributed by atoms with Crippen LogP contribution in [-0.2, 0) is 4.79 Å². The first-order chi connectivity index (χ1) is 9.91. The molecule has 1 N–H and O–H groups in total. The quantitative estimate of drug-likeness (QED) is 0.870. The summed E-state index contributed by atoms with van der Waals surface area (Å²) in [5.74, 6) is -0.140. The van der Waals surface area contributed by atoms with Crippen LogP contribution in [0.3, 0.4) is 0 Å². The Labute approximate surface area is 133 Å². The number of piperazine rings is 1. The van der Waals surface area contributed by atoms with E-state index in [0.29, 0.717) is 25.2 Å². The zero-order chi connectivity index (χ0) is 15.6. The maximum absolute atomic E-state index is 12.8. The molecule has 114 valence electrons. The van der Waals surface area contributed by atoms with E-state index >= 15 is 0 Å². The van der Waals surface area contributed by atoms with Gasteiger partial charge in [-0.25, -0.2) is 0 Å². The summed E-state index contributed by atoms with van der Waals surface area (Å²) in [5, 5.41) is 3.18. The van der Waals surface area contributed by atoms with Crippen LogP contribution in [0.15, 0.2) is 22.7 Å². The van der Waals surface area contributed by atoms with Gasteiger partial charge in [-0.2, -0.15) is 0 Å². The highest BCUT2D eigenvalue weighted by molar-refractivity contribution is 9.10. The summed E-state index contributed by atoms with van der Waals surface area (Å²) >= 11 is 3.40. The number of carbonyl (C=O) groups is 2. The Bertz CT molecular complexity index is 560. The molecule has 1 fully saturated rings. The molecule has 2 rings (SSSR count). The summed E-state index contributed by atoms with van der Waals surface area (Å²) in [6.07, 6.45) is 0. The average Bonchev–Trinajstić information content (AvgIpc) is 2.48. The standard InChI is InChI=1S/C15H20BrN3O2/c1-10-4-5-11(16)8-12(10)14(20)19-7-6-17-9-13(19)15(21)18(2)3/h4-5,8,13,17H,6-7,9H2,1-3H3. The smallest absolute Gasteiger partial charge is 0.254 e. The second-order valence-electron chi connectivity index (χ2n) is 5.41. The number of nitrogens with zero attached hydrogens (tertiary/aromatic N) is 2. The van der Waals surface area contributed by atoms with Crippen molar-refractivity contribution in [1.29, 1.82) is 0 Å². The molecule has 0 aliphatic carbocycles. The van der Waals surface area contributed by atoms with E-state index in [0.717, 1.165) is 10.0 Å². The number of halogens is 1. The zero-order valence-corrected chi connectivity index (χ0v) is 14.1. The van der Waals surface area contributed by atoms with Crippen molar-refractivity contribution in [3.05, 3.63) is 33.8 Å². The van der Waals surface area contributed by atoms with Crippen molar-refractivity contribution in [2.24, 2.45) is 0 Å². The molecule has 1 aromatic rings. The molecule has 1 heterocycles. The fourth-order valence-electron chi connectivity index (χ4n) is 2.45. The van der Waals surface area contributed by atoms with Gasteiger partial charge in [-0.05, 0) is 24.6 Å². The molecule has 1 aromatic carbocycles. The Balaban J connectivity index is 2.30. The van der Waals surface area contributed by atoms with Crippen LogP contribution >= 0.6 is 15.9 Å². The zero-order valence-electron chi connectivity index (χ0n) is 12.5. The molecule has 5 nitrogen and oxygen atoms in total. The third-order valence-corrected chi connectivity index (χ3v) is 4.15. The van der Waals surface area contributed by atoms with E-state index in [-0.39, 0.29) is 11.8 Å². The van der Waals surface area contributed by atoms with Gasteiger partial charge in [-0.15, -0.1) is 0 Å². The SMILES string of the molecule is Cc1ccc(Br)cc1C(=O)N1CCNCC1C(=O)N(C)C. The topological polar surface area (TPSA) is 52.7 Å². The summed E-state index contributed by atoms with van der Waals surface area (Å²) in [5.41, 5.74) is 1.56. The van der Waals surface area contributed by atoms with Crippen molar-refractivity contribution >= 4 is 27.7 Å². The van der Waals surface area contributed by atoms with E-state index in [1.165, 1.54) is 4.90 Å². The lowest BCUT2D eigenvalue weighted by molar-refractivity contribution is -0.134. The molecule has 1 atom stereocenters. The Hall–Kier alpha value is -1.40. The van der Waals surface area contributed by atoms with E-state index in [1.54, 1.807) is 19.0 Å². The molecule has 6 heteroatoms. The monoisotopic (exact) mass is 353 g/mol. The largest absolute Gasteiger partial charge is 0.347 e. The molecule has 0 aromatic heterocycles. The lowest BCUT2D eigenvalue weighted by atomic mass is 10.0. The normalized spacial score (nSPS) is 18.5. The Morgan fingerprint density at radius 1 is 1.38 bits per heavy atom. The molecular weight excluding hydrogens is 334 g/mol. The molecule has 1 unspecified atom stereocenters. The van der Waals surface area contributed by atoms with Crippen LogP contribution in [0.5, 0.6) is 0 Å². The van der Waals surface area contributed by atoms with E-state index in [9.17, 15) is 9.59 Å². The van der Waals surface area contributed by atoms with Gasteiger partial charge < -0.3 is 15.1 Å². The van der Waals surface area contributed by atoms with Crippen LogP contribution in [0.2, 0.25) is 0 Å². The van der Waals surface area contributed by atoms with Crippen molar-refractivity contribution in [3.8, 4) is 0 Å². The number of benzene rings is 1. The number of amides is 2. The number of aryl methyl sites for hydroxylation is 1. The van der Waals surface area contributed by atoms with Gasteiger partial charge in [0.05, 0.1) is 0 Å². The molecule has 1 aliphatic rings. The number of carbonyl (C=O) groups excluding carboxylic acids is 2. The fraction of sp³-hybridized carbons (Fsp3) is 0.467. The van der Waals surface area contributed by atoms with Crippen LogP contribution in [0.25, 0.3) is 0 Å². The van der Waals surface area contributed by atoms with Gasteiger partial charge in [0.1, 0.15) is 6.04 Å². The second kappa shape index (κ2) is 6.58. The first-order valence-electron chi connectivity index (χ1n) is 6.91. The lowest BCUT2D eigenvalue weighted by Crippen LogP contribution is -2.59. The van der Waals surface area contributed by atoms with Crippen molar-refractivity contribution < 1.29 is 9.59 Å². The summed E-state index contributed by atoms with van der Waals surface area (Å²) in [7, 11) is 3.42. The number of hydrogen-bond donors (Lipinski definition) is 1. The first-order valence-corrected chi connectivity index (χ1v) is 7.70. The molecule has 21 heavy (non-hydrogen) atoms. The second-order valence-corrected chi connectivity index (χ2v) is 6.33. The predicted molar refractivity (Wildman–Crippen MR) is 85.3 cm³/mol. The maximum Gasteiger partial charge on any atom is 0.254 e. The highest BCUT2D eigenvalue weighted by Gasteiger charge is 2.33. The van der Waals surface area contributed by atoms with Crippen molar-refractivity contribution in [2.45, 2.75) is 13.0 Å². The minimum Gasteiger partial charge on any atom is -0.347 e. The number of rotatable bonds is 2. The summed E-state index contributed by atoms with van der Waals surface area (Å²) < 4.78 is 0.863. The molecule has 1 saturated heterocycles. The van der Waals surface area contributed by atoms with Crippen molar-refractivity contribution in [1.82, 2.24) is 15.1 Å². The maximum atomic E-state index is 12.8.